The van der Waals surface area contributed by atoms with Crippen molar-refractivity contribution in [2.45, 2.75) is 32.4 Å². The normalized spacial score (nSPS) is 18.9. The Labute approximate surface area is 170 Å². The highest BCUT2D eigenvalue weighted by molar-refractivity contribution is 6.07. The van der Waals surface area contributed by atoms with E-state index in [1.807, 2.05) is 13.0 Å². The molecule has 1 unspecified atom stereocenters. The van der Waals surface area contributed by atoms with Crippen molar-refractivity contribution in [1.29, 1.82) is 0 Å². The van der Waals surface area contributed by atoms with Gasteiger partial charge >= 0.3 is 11.7 Å². The number of imide groups is 1. The lowest BCUT2D eigenvalue weighted by atomic mass is 9.91. The summed E-state index contributed by atoms with van der Waals surface area (Å²) in [5, 5.41) is 3.03. The van der Waals surface area contributed by atoms with Crippen molar-refractivity contribution < 1.29 is 22.8 Å². The van der Waals surface area contributed by atoms with Crippen LogP contribution in [0.1, 0.15) is 30.5 Å². The van der Waals surface area contributed by atoms with Gasteiger partial charge in [-0.05, 0) is 48.7 Å². The summed E-state index contributed by atoms with van der Waals surface area (Å²) in [4.78, 5) is 38.5. The molecule has 0 bridgehead atoms. The van der Waals surface area contributed by atoms with Crippen LogP contribution in [0.4, 0.5) is 13.6 Å². The van der Waals surface area contributed by atoms with Crippen molar-refractivity contribution in [2.75, 3.05) is 0 Å². The largest absolute Gasteiger partial charge is 0.423 e. The quantitative estimate of drug-likeness (QED) is 0.525. The molecule has 1 atom stereocenters. The van der Waals surface area contributed by atoms with E-state index in [9.17, 15) is 23.2 Å². The third-order valence-corrected chi connectivity index (χ3v) is 5.37. The number of hydrogen-bond acceptors (Lipinski definition) is 4. The third-order valence-electron chi connectivity index (χ3n) is 5.37. The number of fused-ring (bicyclic) bond motifs is 1. The second kappa shape index (κ2) is 7.05. The molecule has 2 heterocycles. The first-order valence-electron chi connectivity index (χ1n) is 9.38. The van der Waals surface area contributed by atoms with Crippen LogP contribution >= 0.6 is 0 Å². The van der Waals surface area contributed by atoms with Crippen molar-refractivity contribution >= 4 is 22.9 Å². The molecule has 1 fully saturated rings. The number of hydrogen-bond donors (Lipinski definition) is 1. The molecular weight excluding hydrogens is 394 g/mol. The van der Waals surface area contributed by atoms with Crippen LogP contribution in [0.2, 0.25) is 0 Å². The first kappa shape index (κ1) is 19.8. The predicted octanol–water partition coefficient (Wildman–Crippen LogP) is 3.60. The van der Waals surface area contributed by atoms with E-state index in [0.29, 0.717) is 16.5 Å². The van der Waals surface area contributed by atoms with E-state index >= 15 is 0 Å². The zero-order valence-electron chi connectivity index (χ0n) is 16.3. The zero-order chi connectivity index (χ0) is 21.6. The van der Waals surface area contributed by atoms with Crippen molar-refractivity contribution in [2.24, 2.45) is 0 Å². The van der Waals surface area contributed by atoms with Gasteiger partial charge in [0.2, 0.25) is 0 Å². The number of carbonyl (C=O) groups excluding carboxylic acids is 2. The Morgan fingerprint density at radius 3 is 2.57 bits per heavy atom. The van der Waals surface area contributed by atoms with Crippen LogP contribution in [0.3, 0.4) is 0 Å². The molecule has 4 rings (SSSR count). The maximum Gasteiger partial charge on any atom is 0.336 e. The fourth-order valence-corrected chi connectivity index (χ4v) is 3.70. The number of amides is 3. The van der Waals surface area contributed by atoms with E-state index in [-0.39, 0.29) is 12.1 Å². The van der Waals surface area contributed by atoms with Crippen LogP contribution < -0.4 is 10.9 Å². The van der Waals surface area contributed by atoms with Crippen molar-refractivity contribution in [1.82, 2.24) is 10.2 Å². The van der Waals surface area contributed by atoms with Gasteiger partial charge in [0.25, 0.3) is 5.91 Å². The van der Waals surface area contributed by atoms with Gasteiger partial charge in [-0.3, -0.25) is 9.69 Å². The van der Waals surface area contributed by atoms with E-state index in [4.69, 9.17) is 4.42 Å². The van der Waals surface area contributed by atoms with Crippen LogP contribution in [0.15, 0.2) is 51.7 Å². The molecule has 1 aliphatic heterocycles. The minimum atomic E-state index is -1.77. The fourth-order valence-electron chi connectivity index (χ4n) is 3.70. The molecule has 3 amide bonds. The highest BCUT2D eigenvalue weighted by Gasteiger charge is 2.50. The molecule has 1 N–H and O–H groups in total. The van der Waals surface area contributed by atoms with Gasteiger partial charge in [-0.15, -0.1) is 0 Å². The van der Waals surface area contributed by atoms with Gasteiger partial charge in [-0.1, -0.05) is 19.1 Å². The summed E-state index contributed by atoms with van der Waals surface area (Å²) in [7, 11) is 0. The molecule has 154 valence electrons. The van der Waals surface area contributed by atoms with Gasteiger partial charge in [0, 0.05) is 17.0 Å². The molecule has 1 aliphatic rings. The maximum absolute atomic E-state index is 14.3. The van der Waals surface area contributed by atoms with Gasteiger partial charge in [-0.2, -0.15) is 0 Å². The second-order valence-electron chi connectivity index (χ2n) is 7.35. The monoisotopic (exact) mass is 412 g/mol. The Bertz CT molecular complexity index is 1250. The van der Waals surface area contributed by atoms with E-state index in [2.05, 4.69) is 5.32 Å². The molecule has 1 aromatic heterocycles. The fraction of sp³-hybridized carbons (Fsp3) is 0.227. The van der Waals surface area contributed by atoms with Crippen LogP contribution in [0.5, 0.6) is 0 Å². The average molecular weight is 412 g/mol. The number of aryl methyl sites for hydroxylation is 1. The Kier molecular flexibility index (Phi) is 4.64. The summed E-state index contributed by atoms with van der Waals surface area (Å²) in [6.45, 7) is 3.06. The number of nitrogens with zero attached hydrogens (tertiary/aromatic N) is 1. The lowest BCUT2D eigenvalue weighted by molar-refractivity contribution is -0.131. The molecule has 30 heavy (non-hydrogen) atoms. The van der Waals surface area contributed by atoms with E-state index in [1.165, 1.54) is 13.0 Å². The highest BCUT2D eigenvalue weighted by atomic mass is 19.1. The maximum atomic E-state index is 14.3. The first-order chi connectivity index (χ1) is 14.2. The zero-order valence-corrected chi connectivity index (χ0v) is 16.3. The van der Waals surface area contributed by atoms with Gasteiger partial charge in [-0.25, -0.2) is 18.4 Å². The number of rotatable bonds is 4. The first-order valence-corrected chi connectivity index (χ1v) is 9.38. The number of halogens is 2. The van der Waals surface area contributed by atoms with Crippen LogP contribution in [-0.2, 0) is 23.3 Å². The summed E-state index contributed by atoms with van der Waals surface area (Å²) in [6, 6.07) is 8.53. The summed E-state index contributed by atoms with van der Waals surface area (Å²) in [5.41, 5.74) is -0.926. The molecule has 0 spiro atoms. The number of carbonyl (C=O) groups is 2. The molecule has 2 aromatic carbocycles. The van der Waals surface area contributed by atoms with Gasteiger partial charge in [0.05, 0.1) is 6.54 Å². The topological polar surface area (TPSA) is 79.6 Å². The summed E-state index contributed by atoms with van der Waals surface area (Å²) >= 11 is 0. The Hall–Kier alpha value is -3.55. The van der Waals surface area contributed by atoms with E-state index < -0.39 is 34.7 Å². The Balaban J connectivity index is 1.74. The second-order valence-corrected chi connectivity index (χ2v) is 7.35. The molecule has 0 saturated carbocycles. The van der Waals surface area contributed by atoms with Crippen molar-refractivity contribution in [3.8, 4) is 0 Å². The summed E-state index contributed by atoms with van der Waals surface area (Å²) in [6.07, 6.45) is 0.744. The summed E-state index contributed by atoms with van der Waals surface area (Å²) < 4.78 is 33.2. The standard InChI is InChI=1S/C22H18F2N2O4/c1-3-12-4-6-15-13(9-19(27)30-18(15)8-12)11-26-20(28)22(2,25-21(26)29)16-10-14(23)5-7-17(16)24/h4-10H,3,11H2,1-2H3,(H,25,29). The molecule has 6 nitrogen and oxygen atoms in total. The van der Waals surface area contributed by atoms with Crippen LogP contribution in [0.25, 0.3) is 11.0 Å². The number of urea groups is 1. The number of benzene rings is 2. The molecule has 8 heteroatoms. The third kappa shape index (κ3) is 3.14. The molecule has 1 saturated heterocycles. The van der Waals surface area contributed by atoms with E-state index in [0.717, 1.165) is 35.1 Å². The lowest BCUT2D eigenvalue weighted by Gasteiger charge is -2.23. The van der Waals surface area contributed by atoms with Crippen LogP contribution in [0, 0.1) is 11.6 Å². The minimum absolute atomic E-state index is 0.217. The molecule has 0 radical (unpaired) electrons. The van der Waals surface area contributed by atoms with Crippen molar-refractivity contribution in [3.05, 3.63) is 81.2 Å². The highest BCUT2D eigenvalue weighted by Crippen LogP contribution is 2.32. The Morgan fingerprint density at radius 1 is 1.07 bits per heavy atom. The van der Waals surface area contributed by atoms with E-state index in [1.54, 1.807) is 12.1 Å². The SMILES string of the molecule is CCc1ccc2c(CN3C(=O)NC(C)(c4cc(F)ccc4F)C3=O)cc(=O)oc2c1. The predicted molar refractivity (Wildman–Crippen MR) is 105 cm³/mol. The average Bonchev–Trinajstić information content (AvgIpc) is 2.92. The van der Waals surface area contributed by atoms with Gasteiger partial charge in [0.1, 0.15) is 22.8 Å². The van der Waals surface area contributed by atoms with Gasteiger partial charge in [0.15, 0.2) is 0 Å². The molecule has 3 aromatic rings. The lowest BCUT2D eigenvalue weighted by Crippen LogP contribution is -2.41. The minimum Gasteiger partial charge on any atom is -0.423 e. The number of nitrogens with one attached hydrogen (secondary N) is 1. The van der Waals surface area contributed by atoms with Gasteiger partial charge < -0.3 is 9.73 Å². The van der Waals surface area contributed by atoms with Crippen molar-refractivity contribution in [3.63, 3.8) is 0 Å². The smallest absolute Gasteiger partial charge is 0.336 e. The Morgan fingerprint density at radius 2 is 1.83 bits per heavy atom. The molecule has 0 aliphatic carbocycles. The van der Waals surface area contributed by atoms with Crippen LogP contribution in [-0.4, -0.2) is 16.8 Å². The molecular formula is C22H18F2N2O4. The summed E-state index contributed by atoms with van der Waals surface area (Å²) in [5.74, 6) is -2.29.